The average molecular weight is 207 g/mol. The van der Waals surface area contributed by atoms with Crippen molar-refractivity contribution in [3.63, 3.8) is 0 Å². The third kappa shape index (κ3) is 2.94. The SMILES string of the molecule is CN1CCOCC1COc1ccccc1. The average Bonchev–Trinajstić information content (AvgIpc) is 2.29. The Kier molecular flexibility index (Phi) is 3.59. The smallest absolute Gasteiger partial charge is 0.119 e. The normalized spacial score (nSPS) is 22.6. The zero-order valence-corrected chi connectivity index (χ0v) is 9.06. The van der Waals surface area contributed by atoms with Gasteiger partial charge in [0.05, 0.1) is 19.3 Å². The summed E-state index contributed by atoms with van der Waals surface area (Å²) < 4.78 is 11.1. The second-order valence-electron chi connectivity index (χ2n) is 3.83. The molecule has 1 fully saturated rings. The fraction of sp³-hybridized carbons (Fsp3) is 0.500. The molecule has 0 aliphatic carbocycles. The number of morpholine rings is 1. The monoisotopic (exact) mass is 207 g/mol. The number of para-hydroxylation sites is 1. The zero-order chi connectivity index (χ0) is 10.5. The summed E-state index contributed by atoms with van der Waals surface area (Å²) in [5.74, 6) is 0.927. The van der Waals surface area contributed by atoms with Gasteiger partial charge in [-0.25, -0.2) is 0 Å². The van der Waals surface area contributed by atoms with Crippen LogP contribution in [0.3, 0.4) is 0 Å². The quantitative estimate of drug-likeness (QED) is 0.747. The van der Waals surface area contributed by atoms with Gasteiger partial charge in [-0.15, -0.1) is 0 Å². The molecule has 1 unspecified atom stereocenters. The maximum absolute atomic E-state index is 5.69. The molecule has 15 heavy (non-hydrogen) atoms. The summed E-state index contributed by atoms with van der Waals surface area (Å²) in [6, 6.07) is 10.3. The van der Waals surface area contributed by atoms with Gasteiger partial charge in [0.1, 0.15) is 12.4 Å². The molecule has 3 nitrogen and oxygen atoms in total. The highest BCUT2D eigenvalue weighted by atomic mass is 16.5. The van der Waals surface area contributed by atoms with Gasteiger partial charge < -0.3 is 9.47 Å². The Morgan fingerprint density at radius 3 is 2.93 bits per heavy atom. The van der Waals surface area contributed by atoms with Crippen molar-refractivity contribution in [1.82, 2.24) is 4.90 Å². The van der Waals surface area contributed by atoms with Crippen molar-refractivity contribution in [1.29, 1.82) is 0 Å². The molecule has 3 heteroatoms. The molecule has 1 saturated heterocycles. The Hall–Kier alpha value is -1.06. The van der Waals surface area contributed by atoms with Crippen LogP contribution in [0.4, 0.5) is 0 Å². The molecule has 1 aliphatic rings. The van der Waals surface area contributed by atoms with Crippen molar-refractivity contribution in [2.45, 2.75) is 6.04 Å². The van der Waals surface area contributed by atoms with Crippen LogP contribution in [-0.4, -0.2) is 44.4 Å². The van der Waals surface area contributed by atoms with Gasteiger partial charge in [-0.3, -0.25) is 4.90 Å². The van der Waals surface area contributed by atoms with Crippen molar-refractivity contribution in [2.24, 2.45) is 0 Å². The number of hydrogen-bond donors (Lipinski definition) is 0. The summed E-state index contributed by atoms with van der Waals surface area (Å²) in [6.45, 7) is 3.28. The second kappa shape index (κ2) is 5.14. The minimum Gasteiger partial charge on any atom is -0.492 e. The first kappa shape index (κ1) is 10.5. The van der Waals surface area contributed by atoms with Gasteiger partial charge in [-0.2, -0.15) is 0 Å². The molecule has 0 spiro atoms. The minimum absolute atomic E-state index is 0.374. The molecule has 0 aromatic heterocycles. The Labute approximate surface area is 90.6 Å². The van der Waals surface area contributed by atoms with Crippen LogP contribution in [-0.2, 0) is 4.74 Å². The van der Waals surface area contributed by atoms with Crippen LogP contribution in [0, 0.1) is 0 Å². The van der Waals surface area contributed by atoms with Gasteiger partial charge in [0.15, 0.2) is 0 Å². The summed E-state index contributed by atoms with van der Waals surface area (Å²) >= 11 is 0. The first-order valence-corrected chi connectivity index (χ1v) is 5.32. The second-order valence-corrected chi connectivity index (χ2v) is 3.83. The van der Waals surface area contributed by atoms with E-state index in [1.165, 1.54) is 0 Å². The van der Waals surface area contributed by atoms with Gasteiger partial charge in [0, 0.05) is 6.54 Å². The van der Waals surface area contributed by atoms with E-state index in [9.17, 15) is 0 Å². The molecule has 2 rings (SSSR count). The lowest BCUT2D eigenvalue weighted by Crippen LogP contribution is -2.46. The molecule has 1 aromatic rings. The molecule has 0 N–H and O–H groups in total. The van der Waals surface area contributed by atoms with E-state index in [1.54, 1.807) is 0 Å². The van der Waals surface area contributed by atoms with E-state index < -0.39 is 0 Å². The zero-order valence-electron chi connectivity index (χ0n) is 9.06. The first-order valence-electron chi connectivity index (χ1n) is 5.32. The number of benzene rings is 1. The summed E-state index contributed by atoms with van der Waals surface area (Å²) in [5, 5.41) is 0. The molecule has 1 heterocycles. The van der Waals surface area contributed by atoms with Gasteiger partial charge in [-0.05, 0) is 19.2 Å². The fourth-order valence-electron chi connectivity index (χ4n) is 1.62. The van der Waals surface area contributed by atoms with Crippen LogP contribution >= 0.6 is 0 Å². The predicted molar refractivity (Wildman–Crippen MR) is 59.2 cm³/mol. The Morgan fingerprint density at radius 1 is 1.40 bits per heavy atom. The van der Waals surface area contributed by atoms with Crippen molar-refractivity contribution >= 4 is 0 Å². The van der Waals surface area contributed by atoms with Crippen LogP contribution in [0.25, 0.3) is 0 Å². The van der Waals surface area contributed by atoms with Crippen LogP contribution in [0.5, 0.6) is 5.75 Å². The van der Waals surface area contributed by atoms with Crippen molar-refractivity contribution in [3.05, 3.63) is 30.3 Å². The van der Waals surface area contributed by atoms with Gasteiger partial charge in [0.2, 0.25) is 0 Å². The first-order chi connectivity index (χ1) is 7.36. The molecule has 0 radical (unpaired) electrons. The molecule has 1 aromatic carbocycles. The number of hydrogen-bond acceptors (Lipinski definition) is 3. The molecule has 82 valence electrons. The topological polar surface area (TPSA) is 21.7 Å². The molecule has 0 bridgehead atoms. The molecular formula is C12H17NO2. The van der Waals surface area contributed by atoms with Crippen LogP contribution < -0.4 is 4.74 Å². The highest BCUT2D eigenvalue weighted by Crippen LogP contribution is 2.11. The van der Waals surface area contributed by atoms with Gasteiger partial charge >= 0.3 is 0 Å². The van der Waals surface area contributed by atoms with E-state index in [0.29, 0.717) is 12.6 Å². The standard InChI is InChI=1S/C12H17NO2/c1-13-7-8-14-9-11(13)10-15-12-5-3-2-4-6-12/h2-6,11H,7-10H2,1H3. The highest BCUT2D eigenvalue weighted by molar-refractivity contribution is 5.20. The number of rotatable bonds is 3. The van der Waals surface area contributed by atoms with Crippen molar-refractivity contribution < 1.29 is 9.47 Å². The maximum Gasteiger partial charge on any atom is 0.119 e. The van der Waals surface area contributed by atoms with E-state index in [0.717, 1.165) is 25.5 Å². The predicted octanol–water partition coefficient (Wildman–Crippen LogP) is 1.40. The summed E-state index contributed by atoms with van der Waals surface area (Å²) in [5.41, 5.74) is 0. The number of likely N-dealkylation sites (N-methyl/N-ethyl adjacent to an activating group) is 1. The van der Waals surface area contributed by atoms with E-state index in [2.05, 4.69) is 11.9 Å². The molecular weight excluding hydrogens is 190 g/mol. The molecule has 1 atom stereocenters. The van der Waals surface area contributed by atoms with Gasteiger partial charge in [-0.1, -0.05) is 18.2 Å². The molecule has 0 saturated carbocycles. The molecule has 1 aliphatic heterocycles. The third-order valence-corrected chi connectivity index (χ3v) is 2.71. The van der Waals surface area contributed by atoms with E-state index in [1.807, 2.05) is 30.3 Å². The maximum atomic E-state index is 5.69. The summed E-state index contributed by atoms with van der Waals surface area (Å²) in [6.07, 6.45) is 0. The van der Waals surface area contributed by atoms with Crippen LogP contribution in [0.15, 0.2) is 30.3 Å². The van der Waals surface area contributed by atoms with Crippen LogP contribution in [0.1, 0.15) is 0 Å². The number of nitrogens with zero attached hydrogens (tertiary/aromatic N) is 1. The van der Waals surface area contributed by atoms with Gasteiger partial charge in [0.25, 0.3) is 0 Å². The Balaban J connectivity index is 1.82. The van der Waals surface area contributed by atoms with Crippen molar-refractivity contribution in [2.75, 3.05) is 33.4 Å². The van der Waals surface area contributed by atoms with Crippen LogP contribution in [0.2, 0.25) is 0 Å². The largest absolute Gasteiger partial charge is 0.492 e. The van der Waals surface area contributed by atoms with E-state index >= 15 is 0 Å². The van der Waals surface area contributed by atoms with E-state index in [-0.39, 0.29) is 0 Å². The minimum atomic E-state index is 0.374. The lowest BCUT2D eigenvalue weighted by Gasteiger charge is -2.32. The summed E-state index contributed by atoms with van der Waals surface area (Å²) in [7, 11) is 2.11. The third-order valence-electron chi connectivity index (χ3n) is 2.71. The highest BCUT2D eigenvalue weighted by Gasteiger charge is 2.19. The Bertz CT molecular complexity index is 289. The summed E-state index contributed by atoms with van der Waals surface area (Å²) in [4.78, 5) is 2.28. The lowest BCUT2D eigenvalue weighted by atomic mass is 10.2. The van der Waals surface area contributed by atoms with E-state index in [4.69, 9.17) is 9.47 Å². The fourth-order valence-corrected chi connectivity index (χ4v) is 1.62. The Morgan fingerprint density at radius 2 is 2.20 bits per heavy atom. The molecule has 0 amide bonds. The number of ether oxygens (including phenoxy) is 2. The van der Waals surface area contributed by atoms with Crippen molar-refractivity contribution in [3.8, 4) is 5.75 Å². The lowest BCUT2D eigenvalue weighted by molar-refractivity contribution is -0.0108.